The first-order valence-corrected chi connectivity index (χ1v) is 21.2. The molecule has 0 aliphatic rings. The topological polar surface area (TPSA) is 0 Å². The Morgan fingerprint density at radius 3 is 1.21 bits per heavy atom. The van der Waals surface area contributed by atoms with E-state index in [0.717, 1.165) is 27.2 Å². The molecule has 42 heavy (non-hydrogen) atoms. The Kier molecular flexibility index (Phi) is 50.6. The molecule has 3 atom stereocenters. The molecule has 12 heteroatoms. The van der Waals surface area contributed by atoms with E-state index in [9.17, 15) is 0 Å². The second kappa shape index (κ2) is 32.3. The van der Waals surface area contributed by atoms with Crippen molar-refractivity contribution >= 4 is 32.5 Å². The first kappa shape index (κ1) is 65.8. The van der Waals surface area contributed by atoms with Crippen LogP contribution in [-0.2, 0) is 287 Å². The molecule has 0 aliphatic heterocycles. The molecule has 0 bridgehead atoms. The third kappa shape index (κ3) is 18.1. The van der Waals surface area contributed by atoms with Gasteiger partial charge in [-0.25, -0.2) is 0 Å². The summed E-state index contributed by atoms with van der Waals surface area (Å²) in [5.74, 6) is 0.630. The van der Waals surface area contributed by atoms with Crippen molar-refractivity contribution in [1.29, 1.82) is 0 Å². The van der Waals surface area contributed by atoms with Crippen LogP contribution >= 0.6 is 32.5 Å². The normalized spacial score (nSPS) is 10.5. The quantitative estimate of drug-likeness (QED) is 0.164. The van der Waals surface area contributed by atoms with Crippen LogP contribution in [0.15, 0.2) is 0 Å². The van der Waals surface area contributed by atoms with Gasteiger partial charge in [-0.05, 0) is 0 Å². The maximum absolute atomic E-state index is 3.31. The van der Waals surface area contributed by atoms with Crippen LogP contribution in [0.4, 0.5) is 0 Å². The van der Waals surface area contributed by atoms with Crippen LogP contribution in [0.5, 0.6) is 0 Å². The Morgan fingerprint density at radius 1 is 0.595 bits per heavy atom. The standard InChI is InChI=1S/C30H50P4.8Y/c1-12-14-25-21(7)19(5)22(8)26(15-13-2)29(25)30-27(16-18(3)4)23(9)20(6)24(10)28(30)17-34(11,32)33-31;;;;;;;;/h12-13,18,33-34H,14-17,31-32H2,1-11H3;;;;;;;;/q-2;;;;;;;;. The number of hydrogen-bond acceptors (Lipinski definition) is 0. The van der Waals surface area contributed by atoms with Crippen LogP contribution in [0, 0.1) is 60.3 Å². The van der Waals surface area contributed by atoms with Gasteiger partial charge in [0.05, 0.1) is 0 Å². The smallest absolute Gasteiger partial charge is 0 e. The summed E-state index contributed by atoms with van der Waals surface area (Å²) in [6, 6.07) is 0. The predicted octanol–water partition coefficient (Wildman–Crippen LogP) is 9.97. The van der Waals surface area contributed by atoms with Gasteiger partial charge in [-0.2, -0.15) is 0 Å². The maximum Gasteiger partial charge on any atom is 0 e. The Balaban J connectivity index is -0.000000306. The Hall–Kier alpha value is 8.99. The predicted molar refractivity (Wildman–Crippen MR) is 172 cm³/mol. The largest absolute Gasteiger partial charge is 0 e. The van der Waals surface area contributed by atoms with Gasteiger partial charge in [0.15, 0.2) is 0 Å². The summed E-state index contributed by atoms with van der Waals surface area (Å²) in [5, 5.41) is 0. The van der Waals surface area contributed by atoms with Gasteiger partial charge in [-0.15, -0.1) is 0 Å². The summed E-state index contributed by atoms with van der Waals surface area (Å²) in [6.45, 7) is 24.5. The van der Waals surface area contributed by atoms with E-state index in [0.29, 0.717) is 5.92 Å². The van der Waals surface area contributed by atoms with Crippen LogP contribution in [0.1, 0.15) is 83.3 Å². The molecule has 8 radical (unpaired) electrons. The van der Waals surface area contributed by atoms with E-state index in [1.807, 2.05) is 0 Å². The summed E-state index contributed by atoms with van der Waals surface area (Å²) < 4.78 is 0. The molecular formula is C30H50P4Y8-2. The first-order chi connectivity index (χ1) is 15.8. The second-order valence-corrected chi connectivity index (χ2v) is 26.9. The fraction of sp³-hybridized carbons (Fsp3) is 0.533. The van der Waals surface area contributed by atoms with Crippen molar-refractivity contribution in [3.05, 3.63) is 68.5 Å². The molecule has 0 fully saturated rings. The molecule has 0 spiro atoms. The third-order valence-electron chi connectivity index (χ3n) is 7.82. The van der Waals surface area contributed by atoms with Gasteiger partial charge in [-0.1, -0.05) is 0 Å². The molecule has 0 amide bonds. The van der Waals surface area contributed by atoms with E-state index in [1.54, 1.807) is 33.4 Å². The minimum Gasteiger partial charge on any atom is 0 e. The zero-order valence-electron chi connectivity index (χ0n) is 28.3. The van der Waals surface area contributed by atoms with Gasteiger partial charge in [0, 0.05) is 262 Å². The van der Waals surface area contributed by atoms with Crippen molar-refractivity contribution in [2.45, 2.75) is 94.7 Å². The Morgan fingerprint density at radius 2 is 0.905 bits per heavy atom. The average Bonchev–Trinajstić information content (AvgIpc) is 2.78. The van der Waals surface area contributed by atoms with Gasteiger partial charge in [-0.3, -0.25) is 0 Å². The van der Waals surface area contributed by atoms with Crippen LogP contribution < -0.4 is 0 Å². The molecule has 0 aliphatic carbocycles. The molecule has 0 N–H and O–H groups in total. The second-order valence-electron chi connectivity index (χ2n) is 11.0. The van der Waals surface area contributed by atoms with Gasteiger partial charge in [0.2, 0.25) is 0 Å². The van der Waals surface area contributed by atoms with Crippen molar-refractivity contribution in [2.75, 3.05) is 6.66 Å². The van der Waals surface area contributed by atoms with Crippen LogP contribution in [0.3, 0.4) is 0 Å². The van der Waals surface area contributed by atoms with Gasteiger partial charge >= 0.3 is 219 Å². The summed E-state index contributed by atoms with van der Waals surface area (Å²) in [5.41, 5.74) is 18.5. The Labute approximate surface area is 469 Å². The maximum atomic E-state index is 3.31. The number of hydrogen-bond donors (Lipinski definition) is 0. The SMILES string of the molecule is C[CH-]Cc1c(C)c(C)c(C)c(C[CH-]C)c1-c1c(CC(C)C)c(C)c(C)c(C)c1C[PH](C)(P)PP.[Y].[Y].[Y].[Y].[Y].[Y].[Y].[Y]. The van der Waals surface area contributed by atoms with E-state index in [2.05, 4.69) is 107 Å². The first-order valence-electron chi connectivity index (χ1n) is 12.9. The van der Waals surface area contributed by atoms with Gasteiger partial charge in [0.1, 0.15) is 0 Å². The molecule has 0 saturated carbocycles. The van der Waals surface area contributed by atoms with Crippen LogP contribution in [-0.4, -0.2) is 6.66 Å². The van der Waals surface area contributed by atoms with Crippen molar-refractivity contribution in [1.82, 2.24) is 0 Å². The average molecular weight is 1250 g/mol. The molecule has 216 valence electrons. The number of benzene rings is 2. The van der Waals surface area contributed by atoms with E-state index in [1.165, 1.54) is 39.5 Å². The van der Waals surface area contributed by atoms with Crippen molar-refractivity contribution in [3.8, 4) is 11.1 Å². The summed E-state index contributed by atoms with van der Waals surface area (Å²) in [4.78, 5) is 0. The van der Waals surface area contributed by atoms with Crippen molar-refractivity contribution in [2.24, 2.45) is 5.92 Å². The third-order valence-corrected chi connectivity index (χ3v) is 23.1. The molecule has 0 heterocycles. The molecule has 0 nitrogen and oxygen atoms in total. The van der Waals surface area contributed by atoms with E-state index >= 15 is 0 Å². The zero-order valence-corrected chi connectivity index (χ0v) is 55.3. The molecule has 2 aromatic carbocycles. The fourth-order valence-corrected chi connectivity index (χ4v) is 9.05. The summed E-state index contributed by atoms with van der Waals surface area (Å²) >= 11 is 0. The Bertz CT molecular complexity index is 1030. The molecule has 0 aromatic heterocycles. The number of rotatable bonds is 10. The van der Waals surface area contributed by atoms with Crippen molar-refractivity contribution in [3.63, 3.8) is 0 Å². The summed E-state index contributed by atoms with van der Waals surface area (Å²) in [6.07, 6.45) is 9.15. The van der Waals surface area contributed by atoms with Gasteiger partial charge in [0.25, 0.3) is 0 Å². The zero-order chi connectivity index (χ0) is 26.0. The van der Waals surface area contributed by atoms with Crippen LogP contribution in [0.2, 0.25) is 0 Å². The summed E-state index contributed by atoms with van der Waals surface area (Å²) in [7, 11) is 7.33. The van der Waals surface area contributed by atoms with Crippen molar-refractivity contribution < 1.29 is 262 Å². The van der Waals surface area contributed by atoms with Crippen LogP contribution in [0.25, 0.3) is 11.1 Å². The minimum atomic E-state index is -1.44. The fourth-order valence-electron chi connectivity index (χ4n) is 5.41. The van der Waals surface area contributed by atoms with E-state index < -0.39 is 6.64 Å². The molecular weight excluding hydrogens is 1200 g/mol. The molecule has 3 unspecified atom stereocenters. The van der Waals surface area contributed by atoms with Gasteiger partial charge < -0.3 is 0 Å². The molecule has 2 aromatic rings. The molecule has 0 saturated heterocycles. The van der Waals surface area contributed by atoms with E-state index in [4.69, 9.17) is 0 Å². The monoisotopic (exact) mass is 1250 g/mol. The molecule has 2 rings (SSSR count). The van der Waals surface area contributed by atoms with E-state index in [-0.39, 0.29) is 262 Å². The minimum absolute atomic E-state index is 0.